The number of nitrogens with zero attached hydrogens (tertiary/aromatic N) is 3. The van der Waals surface area contributed by atoms with Crippen LogP contribution in [0.1, 0.15) is 43.4 Å². The van der Waals surface area contributed by atoms with Gasteiger partial charge in [0.1, 0.15) is 6.10 Å². The molecule has 2 aromatic rings. The van der Waals surface area contributed by atoms with E-state index < -0.39 is 10.0 Å². The van der Waals surface area contributed by atoms with Gasteiger partial charge in [-0.2, -0.15) is 4.31 Å². The van der Waals surface area contributed by atoms with Crippen LogP contribution in [0.5, 0.6) is 0 Å². The van der Waals surface area contributed by atoms with Crippen LogP contribution in [0.15, 0.2) is 59.1 Å². The number of hydrogen-bond acceptors (Lipinski definition) is 6. The zero-order valence-corrected chi connectivity index (χ0v) is 22.3. The van der Waals surface area contributed by atoms with Crippen molar-refractivity contribution in [3.8, 4) is 11.1 Å². The Hall–Kier alpha value is -3.01. The van der Waals surface area contributed by atoms with E-state index in [1.807, 2.05) is 12.3 Å². The van der Waals surface area contributed by atoms with Crippen LogP contribution in [-0.2, 0) is 25.9 Å². The number of fused-ring (bicyclic) bond motifs is 1. The van der Waals surface area contributed by atoms with Gasteiger partial charge in [-0.3, -0.25) is 4.98 Å². The second kappa shape index (κ2) is 10.6. The predicted octanol–water partition coefficient (Wildman–Crippen LogP) is 4.42. The first-order valence-electron chi connectivity index (χ1n) is 13.5. The summed E-state index contributed by atoms with van der Waals surface area (Å²) in [4.78, 5) is 19.4. The minimum Gasteiger partial charge on any atom is -0.446 e. The molecule has 1 saturated carbocycles. The molecule has 2 fully saturated rings. The van der Waals surface area contributed by atoms with E-state index in [9.17, 15) is 13.2 Å². The number of benzene rings is 1. The van der Waals surface area contributed by atoms with Crippen LogP contribution < -0.4 is 0 Å². The first kappa shape index (κ1) is 25.3. The number of pyridine rings is 1. The average molecular weight is 536 g/mol. The molecule has 4 aliphatic rings. The molecular weight excluding hydrogens is 502 g/mol. The molecule has 0 spiro atoms. The van der Waals surface area contributed by atoms with E-state index in [1.165, 1.54) is 9.88 Å². The molecule has 0 unspecified atom stereocenters. The van der Waals surface area contributed by atoms with Crippen LogP contribution in [-0.4, -0.2) is 74.2 Å². The van der Waals surface area contributed by atoms with Gasteiger partial charge in [0, 0.05) is 49.9 Å². The Morgan fingerprint density at radius 3 is 2.61 bits per heavy atom. The fraction of sp³-hybridized carbons (Fsp3) is 0.448. The molecule has 1 aromatic heterocycles. The van der Waals surface area contributed by atoms with Crippen LogP contribution >= 0.6 is 0 Å². The molecule has 9 heteroatoms. The predicted molar refractivity (Wildman–Crippen MR) is 144 cm³/mol. The largest absolute Gasteiger partial charge is 0.446 e. The van der Waals surface area contributed by atoms with E-state index in [4.69, 9.17) is 14.5 Å². The van der Waals surface area contributed by atoms with E-state index in [1.54, 1.807) is 23.1 Å². The molecule has 0 radical (unpaired) electrons. The summed E-state index contributed by atoms with van der Waals surface area (Å²) in [7, 11) is -3.58. The molecule has 38 heavy (non-hydrogen) atoms. The second-order valence-corrected chi connectivity index (χ2v) is 12.2. The molecule has 200 valence electrons. The molecule has 1 aromatic carbocycles. The van der Waals surface area contributed by atoms with Crippen molar-refractivity contribution in [3.63, 3.8) is 0 Å². The molecule has 3 heterocycles. The lowest BCUT2D eigenvalue weighted by atomic mass is 9.94. The highest BCUT2D eigenvalue weighted by molar-refractivity contribution is 7.89. The summed E-state index contributed by atoms with van der Waals surface area (Å²) >= 11 is 0. The Balaban J connectivity index is 1.19. The van der Waals surface area contributed by atoms with E-state index in [2.05, 4.69) is 18.2 Å². The average Bonchev–Trinajstić information content (AvgIpc) is 3.63. The first-order chi connectivity index (χ1) is 18.5. The smallest absolute Gasteiger partial charge is 0.410 e. The maximum atomic E-state index is 13.2. The molecule has 0 N–H and O–H groups in total. The minimum absolute atomic E-state index is 0.0733. The maximum absolute atomic E-state index is 13.2. The highest BCUT2D eigenvalue weighted by Gasteiger charge is 2.28. The molecule has 8 nitrogen and oxygen atoms in total. The third-order valence-corrected chi connectivity index (χ3v) is 9.81. The molecular formula is C29H33N3O5S. The number of morpholine rings is 1. The molecule has 0 atom stereocenters. The van der Waals surface area contributed by atoms with E-state index in [-0.39, 0.29) is 17.1 Å². The Bertz CT molecular complexity index is 1390. The van der Waals surface area contributed by atoms with Crippen LogP contribution in [0.3, 0.4) is 0 Å². The second-order valence-electron chi connectivity index (χ2n) is 10.3. The van der Waals surface area contributed by atoms with Crippen molar-refractivity contribution in [2.24, 2.45) is 0 Å². The van der Waals surface area contributed by atoms with E-state index in [0.29, 0.717) is 39.4 Å². The van der Waals surface area contributed by atoms with Crippen molar-refractivity contribution in [2.45, 2.75) is 49.5 Å². The third-order valence-electron chi connectivity index (χ3n) is 7.92. The summed E-state index contributed by atoms with van der Waals surface area (Å²) < 4.78 is 38.9. The number of carbonyl (C=O) groups excluding carboxylic acids is 1. The molecule has 0 bridgehead atoms. The van der Waals surface area contributed by atoms with Gasteiger partial charge in [0.2, 0.25) is 10.0 Å². The summed E-state index contributed by atoms with van der Waals surface area (Å²) in [5.41, 5.74) is 6.18. The monoisotopic (exact) mass is 535 g/mol. The van der Waals surface area contributed by atoms with Gasteiger partial charge < -0.3 is 14.4 Å². The Morgan fingerprint density at radius 2 is 1.84 bits per heavy atom. The van der Waals surface area contributed by atoms with Crippen molar-refractivity contribution in [1.29, 1.82) is 0 Å². The lowest BCUT2D eigenvalue weighted by Crippen LogP contribution is -2.40. The molecule has 2 aliphatic heterocycles. The van der Waals surface area contributed by atoms with Gasteiger partial charge in [-0.25, -0.2) is 13.2 Å². The number of aromatic nitrogens is 1. The summed E-state index contributed by atoms with van der Waals surface area (Å²) in [6.07, 6.45) is 11.8. The lowest BCUT2D eigenvalue weighted by Gasteiger charge is -2.28. The quantitative estimate of drug-likeness (QED) is 0.563. The number of ether oxygens (including phenoxy) is 2. The van der Waals surface area contributed by atoms with Crippen LogP contribution in [0.4, 0.5) is 4.79 Å². The van der Waals surface area contributed by atoms with Gasteiger partial charge in [-0.1, -0.05) is 24.3 Å². The summed E-state index contributed by atoms with van der Waals surface area (Å²) in [6.45, 7) is 2.74. The Kier molecular flexibility index (Phi) is 7.07. The van der Waals surface area contributed by atoms with Crippen LogP contribution in [0, 0.1) is 0 Å². The Labute approximate surface area is 224 Å². The van der Waals surface area contributed by atoms with Gasteiger partial charge in [-0.15, -0.1) is 0 Å². The standard InChI is InChI=1S/C29H33N3O5S/c33-29(37-24-5-1-2-6-24)31-12-10-21(11-13-31)26-8-9-28-27(26)19-23(20-30-28)22-4-3-7-25(18-22)38(34,35)32-14-16-36-17-15-32/h3-4,7-8,10,18-20,24H,1-2,5-6,9,11-17H2. The zero-order valence-electron chi connectivity index (χ0n) is 21.5. The van der Waals surface area contributed by atoms with Crippen LogP contribution in [0.2, 0.25) is 0 Å². The number of sulfonamides is 1. The number of amides is 1. The first-order valence-corrected chi connectivity index (χ1v) is 15.0. The highest BCUT2D eigenvalue weighted by Crippen LogP contribution is 2.37. The number of rotatable bonds is 5. The summed E-state index contributed by atoms with van der Waals surface area (Å²) in [5, 5.41) is 0. The number of hydrogen-bond donors (Lipinski definition) is 0. The van der Waals surface area contributed by atoms with Crippen LogP contribution in [0.25, 0.3) is 16.7 Å². The van der Waals surface area contributed by atoms with Gasteiger partial charge in [-0.05, 0) is 67.0 Å². The van der Waals surface area contributed by atoms with Gasteiger partial charge >= 0.3 is 6.09 Å². The highest BCUT2D eigenvalue weighted by atomic mass is 32.2. The van der Waals surface area contributed by atoms with Crippen molar-refractivity contribution in [2.75, 3.05) is 39.4 Å². The summed E-state index contributed by atoms with van der Waals surface area (Å²) in [6, 6.07) is 9.21. The molecule has 6 rings (SSSR count). The van der Waals surface area contributed by atoms with Crippen molar-refractivity contribution in [1.82, 2.24) is 14.2 Å². The maximum Gasteiger partial charge on any atom is 0.410 e. The van der Waals surface area contributed by atoms with Crippen molar-refractivity contribution < 1.29 is 22.7 Å². The summed E-state index contributed by atoms with van der Waals surface area (Å²) in [5.74, 6) is 0. The molecule has 2 aliphatic carbocycles. The number of allylic oxidation sites excluding steroid dienone is 2. The van der Waals surface area contributed by atoms with Gasteiger partial charge in [0.05, 0.1) is 23.8 Å². The molecule has 1 saturated heterocycles. The fourth-order valence-electron chi connectivity index (χ4n) is 5.73. The Morgan fingerprint density at radius 1 is 1.03 bits per heavy atom. The molecule has 1 amide bonds. The van der Waals surface area contributed by atoms with Gasteiger partial charge in [0.15, 0.2) is 0 Å². The van der Waals surface area contributed by atoms with Crippen molar-refractivity contribution in [3.05, 3.63) is 65.5 Å². The SMILES string of the molecule is O=C(OC1CCCC1)N1CC=C(C2=CCc3ncc(-c4cccc(S(=O)(=O)N5CCOCC5)c4)cc32)CC1. The van der Waals surface area contributed by atoms with Gasteiger partial charge in [0.25, 0.3) is 0 Å². The zero-order chi connectivity index (χ0) is 26.1. The minimum atomic E-state index is -3.58. The topological polar surface area (TPSA) is 89.0 Å². The third kappa shape index (κ3) is 5.02. The lowest BCUT2D eigenvalue weighted by molar-refractivity contribution is 0.0676. The van der Waals surface area contributed by atoms with Crippen molar-refractivity contribution >= 4 is 21.7 Å². The van der Waals surface area contributed by atoms with E-state index >= 15 is 0 Å². The van der Waals surface area contributed by atoms with E-state index in [0.717, 1.165) is 66.5 Å². The fourth-order valence-corrected chi connectivity index (χ4v) is 7.19. The number of carbonyl (C=O) groups is 1. The normalized spacial score (nSPS) is 20.7.